The fourth-order valence-corrected chi connectivity index (χ4v) is 1.19. The van der Waals surface area contributed by atoms with E-state index in [4.69, 9.17) is 15.9 Å². The Labute approximate surface area is 104 Å². The molecule has 7 nitrogen and oxygen atoms in total. The molecule has 0 fully saturated rings. The Bertz CT molecular complexity index is 182. The number of nitrogens with two attached hydrogens (primary N) is 1. The molecule has 0 aliphatic heterocycles. The molecule has 4 N–H and O–H groups in total. The van der Waals surface area contributed by atoms with Crippen LogP contribution in [-0.4, -0.2) is 42.7 Å². The molecule has 0 aliphatic carbocycles. The van der Waals surface area contributed by atoms with Gasteiger partial charge in [-0.2, -0.15) is 0 Å². The van der Waals surface area contributed by atoms with E-state index in [-0.39, 0.29) is 42.7 Å². The van der Waals surface area contributed by atoms with Gasteiger partial charge in [0.15, 0.2) is 0 Å². The van der Waals surface area contributed by atoms with Crippen LogP contribution < -0.4 is 40.2 Å². The number of phosphoric ester groups is 1. The first-order valence-corrected chi connectivity index (χ1v) is 5.07. The molecule has 0 radical (unpaired) electrons. The average Bonchev–Trinajstić information content (AvgIpc) is 2.11. The molecule has 0 aliphatic rings. The standard InChI is InChI=1S/C5H14NO6P.Na/c6-1-2-11-13(9,10)12-4-5(8)3-7;/h5,7-8H,1-4,6H2,(H,9,10);/q;+1/p-1/t5-;/m0./s1. The number of phosphoric acid groups is 1. The predicted molar refractivity (Wildman–Crippen MR) is 41.7 cm³/mol. The Morgan fingerprint density at radius 3 is 2.50 bits per heavy atom. The van der Waals surface area contributed by atoms with Crippen LogP contribution in [-0.2, 0) is 13.6 Å². The molecule has 80 valence electrons. The van der Waals surface area contributed by atoms with Gasteiger partial charge in [-0.1, -0.05) is 0 Å². The van der Waals surface area contributed by atoms with Crippen molar-refractivity contribution in [3.63, 3.8) is 0 Å². The number of aliphatic hydroxyl groups is 2. The van der Waals surface area contributed by atoms with Crippen molar-refractivity contribution in [2.75, 3.05) is 26.4 Å². The van der Waals surface area contributed by atoms with Gasteiger partial charge < -0.3 is 29.9 Å². The summed E-state index contributed by atoms with van der Waals surface area (Å²) in [5.74, 6) is 0. The first kappa shape index (κ1) is 17.4. The summed E-state index contributed by atoms with van der Waals surface area (Å²) in [4.78, 5) is 10.7. The van der Waals surface area contributed by atoms with E-state index in [0.29, 0.717) is 0 Å². The molecule has 0 bridgehead atoms. The van der Waals surface area contributed by atoms with Crippen molar-refractivity contribution in [1.29, 1.82) is 0 Å². The minimum absolute atomic E-state index is 0. The summed E-state index contributed by atoms with van der Waals surface area (Å²) >= 11 is 0. The van der Waals surface area contributed by atoms with E-state index in [1.165, 1.54) is 0 Å². The second-order valence-electron chi connectivity index (χ2n) is 2.20. The zero-order valence-electron chi connectivity index (χ0n) is 7.96. The Hall–Kier alpha value is 0.990. The Morgan fingerprint density at radius 1 is 1.50 bits per heavy atom. The van der Waals surface area contributed by atoms with Crippen LogP contribution in [0.25, 0.3) is 0 Å². The van der Waals surface area contributed by atoms with Gasteiger partial charge in [0, 0.05) is 6.54 Å². The fraction of sp³-hybridized carbons (Fsp3) is 1.00. The molecule has 0 aromatic rings. The molecule has 2 atom stereocenters. The van der Waals surface area contributed by atoms with E-state index in [2.05, 4.69) is 9.05 Å². The molecule has 0 spiro atoms. The molecule has 0 aromatic carbocycles. The monoisotopic (exact) mass is 237 g/mol. The second kappa shape index (κ2) is 9.23. The van der Waals surface area contributed by atoms with Crippen molar-refractivity contribution >= 4 is 7.82 Å². The number of hydrogen-bond acceptors (Lipinski definition) is 7. The van der Waals surface area contributed by atoms with E-state index in [9.17, 15) is 9.46 Å². The maximum Gasteiger partial charge on any atom is 1.00 e. The molecule has 1 unspecified atom stereocenters. The van der Waals surface area contributed by atoms with Crippen molar-refractivity contribution in [3.8, 4) is 0 Å². The largest absolute Gasteiger partial charge is 1.00 e. The van der Waals surface area contributed by atoms with Crippen LogP contribution in [0.5, 0.6) is 0 Å². The van der Waals surface area contributed by atoms with Gasteiger partial charge in [0.25, 0.3) is 7.82 Å². The van der Waals surface area contributed by atoms with Crippen molar-refractivity contribution in [3.05, 3.63) is 0 Å². The van der Waals surface area contributed by atoms with Crippen LogP contribution >= 0.6 is 7.82 Å². The quantitative estimate of drug-likeness (QED) is 0.298. The Kier molecular flexibility index (Phi) is 11.5. The minimum Gasteiger partial charge on any atom is -0.756 e. The fourth-order valence-electron chi connectivity index (χ4n) is 0.432. The van der Waals surface area contributed by atoms with E-state index < -0.39 is 27.1 Å². The maximum absolute atomic E-state index is 10.7. The van der Waals surface area contributed by atoms with Gasteiger partial charge in [-0.15, -0.1) is 0 Å². The summed E-state index contributed by atoms with van der Waals surface area (Å²) in [6, 6.07) is 0. The number of aliphatic hydroxyl groups excluding tert-OH is 2. The summed E-state index contributed by atoms with van der Waals surface area (Å²) < 4.78 is 19.2. The average molecular weight is 237 g/mol. The van der Waals surface area contributed by atoms with Gasteiger partial charge in [-0.05, 0) is 0 Å². The van der Waals surface area contributed by atoms with Crippen LogP contribution in [0.15, 0.2) is 0 Å². The predicted octanol–water partition coefficient (Wildman–Crippen LogP) is -5.20. The van der Waals surface area contributed by atoms with Crippen LogP contribution in [0.4, 0.5) is 0 Å². The van der Waals surface area contributed by atoms with Crippen molar-refractivity contribution < 1.29 is 58.3 Å². The van der Waals surface area contributed by atoms with Gasteiger partial charge in [0.05, 0.1) is 19.8 Å². The maximum atomic E-state index is 10.7. The molecule has 9 heteroatoms. The van der Waals surface area contributed by atoms with Crippen molar-refractivity contribution in [2.45, 2.75) is 6.10 Å². The van der Waals surface area contributed by atoms with Crippen LogP contribution in [0, 0.1) is 0 Å². The third kappa shape index (κ3) is 9.54. The summed E-state index contributed by atoms with van der Waals surface area (Å²) in [6.07, 6.45) is -1.23. The van der Waals surface area contributed by atoms with Crippen molar-refractivity contribution in [2.24, 2.45) is 5.73 Å². The molecule has 0 amide bonds. The van der Waals surface area contributed by atoms with Gasteiger partial charge in [-0.25, -0.2) is 0 Å². The topological polar surface area (TPSA) is 125 Å². The van der Waals surface area contributed by atoms with E-state index in [0.717, 1.165) is 0 Å². The summed E-state index contributed by atoms with van der Waals surface area (Å²) in [6.45, 7) is -1.22. The van der Waals surface area contributed by atoms with Gasteiger partial charge in [0.2, 0.25) is 0 Å². The molecule has 0 heterocycles. The van der Waals surface area contributed by atoms with Gasteiger partial charge in [-0.3, -0.25) is 4.57 Å². The summed E-state index contributed by atoms with van der Waals surface area (Å²) in [7, 11) is -4.38. The molecule has 0 rings (SSSR count). The zero-order chi connectivity index (χ0) is 10.3. The third-order valence-corrected chi connectivity index (χ3v) is 1.97. The summed E-state index contributed by atoms with van der Waals surface area (Å²) in [5, 5.41) is 17.1. The second-order valence-corrected chi connectivity index (χ2v) is 3.61. The molecular weight excluding hydrogens is 224 g/mol. The molecule has 0 saturated carbocycles. The van der Waals surface area contributed by atoms with Crippen LogP contribution in [0.2, 0.25) is 0 Å². The first-order valence-electron chi connectivity index (χ1n) is 3.61. The number of hydrogen-bond donors (Lipinski definition) is 3. The van der Waals surface area contributed by atoms with Crippen LogP contribution in [0.3, 0.4) is 0 Å². The van der Waals surface area contributed by atoms with E-state index >= 15 is 0 Å². The zero-order valence-corrected chi connectivity index (χ0v) is 10.9. The number of rotatable bonds is 7. The molecule has 14 heavy (non-hydrogen) atoms. The Morgan fingerprint density at radius 2 is 2.07 bits per heavy atom. The smallest absolute Gasteiger partial charge is 0.756 e. The van der Waals surface area contributed by atoms with Gasteiger partial charge >= 0.3 is 29.6 Å². The SMILES string of the molecule is NCCOP(=O)([O-])OC[C@@H](O)CO.[Na+]. The third-order valence-electron chi connectivity index (χ3n) is 1.00. The normalized spacial score (nSPS) is 16.9. The minimum atomic E-state index is -4.38. The summed E-state index contributed by atoms with van der Waals surface area (Å²) in [5.41, 5.74) is 4.99. The molecule has 0 saturated heterocycles. The van der Waals surface area contributed by atoms with E-state index in [1.54, 1.807) is 0 Å². The Balaban J connectivity index is 0. The van der Waals surface area contributed by atoms with Crippen LogP contribution in [0.1, 0.15) is 0 Å². The van der Waals surface area contributed by atoms with Crippen molar-refractivity contribution in [1.82, 2.24) is 0 Å². The first-order chi connectivity index (χ1) is 6.02. The molecular formula is C5H13NNaO6P. The molecule has 0 aromatic heterocycles. The van der Waals surface area contributed by atoms with Gasteiger partial charge in [0.1, 0.15) is 6.10 Å². The van der Waals surface area contributed by atoms with E-state index in [1.807, 2.05) is 0 Å².